The van der Waals surface area contributed by atoms with Gasteiger partial charge in [-0.2, -0.15) is 10.9 Å². The predicted octanol–water partition coefficient (Wildman–Crippen LogP) is 2.50. The zero-order valence-electron chi connectivity index (χ0n) is 18.0. The molecule has 3 aliphatic rings. The van der Waals surface area contributed by atoms with Crippen LogP contribution in [0.5, 0.6) is 5.75 Å². The quantitative estimate of drug-likeness (QED) is 0.354. The average molecular weight is 485 g/mol. The number of amides is 1. The van der Waals surface area contributed by atoms with Gasteiger partial charge in [0.2, 0.25) is 5.91 Å². The molecule has 4 heterocycles. The molecule has 0 aliphatic carbocycles. The molecule has 3 atom stereocenters. The van der Waals surface area contributed by atoms with E-state index in [-0.39, 0.29) is 17.9 Å². The number of β-lactam (4-membered cyclic amide) rings is 1. The van der Waals surface area contributed by atoms with Crippen molar-refractivity contribution < 1.29 is 19.1 Å². The summed E-state index contributed by atoms with van der Waals surface area (Å²) in [5.41, 5.74) is 8.35. The monoisotopic (exact) mass is 484 g/mol. The Kier molecular flexibility index (Phi) is 6.05. The molecule has 172 valence electrons. The van der Waals surface area contributed by atoms with Crippen molar-refractivity contribution in [3.05, 3.63) is 81.6 Å². The topological polar surface area (TPSA) is 99.7 Å². The molecule has 2 unspecified atom stereocenters. The first-order chi connectivity index (χ1) is 16.0. The number of fused-ring (bicyclic) bond motifs is 1. The number of hydrogen-bond acceptors (Lipinski definition) is 7. The van der Waals surface area contributed by atoms with Crippen molar-refractivity contribution in [3.63, 3.8) is 0 Å². The molecule has 1 saturated heterocycles. The van der Waals surface area contributed by atoms with E-state index in [1.807, 2.05) is 35.0 Å². The Bertz CT molecular complexity index is 1160. The average Bonchev–Trinajstić information content (AvgIpc) is 3.54. The number of rotatable bonds is 7. The number of hydrogen-bond donors (Lipinski definition) is 2. The van der Waals surface area contributed by atoms with E-state index in [1.165, 1.54) is 4.90 Å². The summed E-state index contributed by atoms with van der Waals surface area (Å²) in [6, 6.07) is 6.75. The number of carbonyl (C=O) groups is 2. The zero-order chi connectivity index (χ0) is 22.9. The number of esters is 1. The number of thiol groups is 1. The predicted molar refractivity (Wildman–Crippen MR) is 129 cm³/mol. The molecule has 1 fully saturated rings. The van der Waals surface area contributed by atoms with Gasteiger partial charge in [-0.1, -0.05) is 18.2 Å². The third-order valence-corrected chi connectivity index (χ3v) is 9.29. The Morgan fingerprint density at radius 3 is 2.88 bits per heavy atom. The van der Waals surface area contributed by atoms with Crippen molar-refractivity contribution >= 4 is 34.5 Å². The second-order valence-electron chi connectivity index (χ2n) is 7.82. The summed E-state index contributed by atoms with van der Waals surface area (Å²) in [5.74, 6) is 0.650. The van der Waals surface area contributed by atoms with Gasteiger partial charge in [0.1, 0.15) is 29.5 Å². The van der Waals surface area contributed by atoms with Crippen LogP contribution in [0.15, 0.2) is 76.1 Å². The molecule has 2 aromatic rings. The van der Waals surface area contributed by atoms with Gasteiger partial charge in [-0.15, -0.1) is 11.8 Å². The maximum absolute atomic E-state index is 13.2. The van der Waals surface area contributed by atoms with E-state index < -0.39 is 22.9 Å². The lowest BCUT2D eigenvalue weighted by atomic mass is 10.1. The lowest BCUT2D eigenvalue weighted by molar-refractivity contribution is -0.151. The molecule has 8 nitrogen and oxygen atoms in total. The van der Waals surface area contributed by atoms with Gasteiger partial charge < -0.3 is 19.8 Å². The van der Waals surface area contributed by atoms with Gasteiger partial charge in [0.25, 0.3) is 0 Å². The largest absolute Gasteiger partial charge is 0.497 e. The van der Waals surface area contributed by atoms with Crippen LogP contribution in [0.1, 0.15) is 5.56 Å². The van der Waals surface area contributed by atoms with Crippen LogP contribution in [-0.4, -0.2) is 50.6 Å². The number of benzene rings is 1. The molecular weight excluding hydrogens is 460 g/mol. The van der Waals surface area contributed by atoms with Crippen molar-refractivity contribution in [2.45, 2.75) is 24.6 Å². The molecule has 3 aliphatic heterocycles. The van der Waals surface area contributed by atoms with Crippen molar-refractivity contribution in [2.24, 2.45) is 5.73 Å². The Morgan fingerprint density at radius 2 is 2.15 bits per heavy atom. The van der Waals surface area contributed by atoms with Gasteiger partial charge in [-0.25, -0.2) is 9.78 Å². The normalized spacial score (nSPS) is 24.9. The highest BCUT2D eigenvalue weighted by molar-refractivity contribution is 8.26. The van der Waals surface area contributed by atoms with E-state index in [4.69, 9.17) is 15.2 Å². The van der Waals surface area contributed by atoms with Crippen molar-refractivity contribution in [2.75, 3.05) is 12.9 Å². The van der Waals surface area contributed by atoms with Crippen LogP contribution in [0.2, 0.25) is 0 Å². The number of ether oxygens (including phenoxy) is 2. The summed E-state index contributed by atoms with van der Waals surface area (Å²) < 4.78 is 12.8. The Labute approximate surface area is 198 Å². The van der Waals surface area contributed by atoms with Gasteiger partial charge in [0, 0.05) is 29.6 Å². The molecule has 0 saturated carbocycles. The van der Waals surface area contributed by atoms with Gasteiger partial charge in [0.15, 0.2) is 0 Å². The third-order valence-electron chi connectivity index (χ3n) is 5.70. The first-order valence-corrected chi connectivity index (χ1v) is 12.9. The van der Waals surface area contributed by atoms with Crippen molar-refractivity contribution in [1.29, 1.82) is 0 Å². The van der Waals surface area contributed by atoms with Crippen LogP contribution in [0, 0.1) is 0 Å². The molecule has 2 N–H and O–H groups in total. The SMILES string of the molecule is COc1ccc(COC(=O)C2=C([SH]3C=CC(Cn4ccnc4)=C3)CSC3[C@H](N)C(=O)N23)cc1. The van der Waals surface area contributed by atoms with Crippen LogP contribution in [0.4, 0.5) is 0 Å². The van der Waals surface area contributed by atoms with E-state index in [1.54, 1.807) is 31.4 Å². The Balaban J connectivity index is 1.38. The molecule has 1 aromatic heterocycles. The minimum atomic E-state index is -0.842. The summed E-state index contributed by atoms with van der Waals surface area (Å²) in [6.45, 7) is 0.824. The molecule has 10 heteroatoms. The third kappa shape index (κ3) is 4.21. The summed E-state index contributed by atoms with van der Waals surface area (Å²) in [4.78, 5) is 32.4. The van der Waals surface area contributed by atoms with Crippen molar-refractivity contribution in [3.8, 4) is 5.75 Å². The number of thioether (sulfide) groups is 1. The number of imidazole rings is 1. The highest BCUT2D eigenvalue weighted by atomic mass is 32.2. The van der Waals surface area contributed by atoms with Gasteiger partial charge in [0.05, 0.1) is 13.4 Å². The minimum absolute atomic E-state index is 0.112. The number of methoxy groups -OCH3 is 1. The molecule has 5 rings (SSSR count). The summed E-state index contributed by atoms with van der Waals surface area (Å²) >= 11 is 1.60. The molecule has 0 bridgehead atoms. The number of nitrogens with two attached hydrogens (primary N) is 1. The standard InChI is InChI=1S/C23H24N4O4S2/c1-30-17-4-2-15(3-5-17)11-31-23(29)20-18(12-32-22-19(24)21(28)27(20)22)33-9-6-16(13-33)10-26-8-7-25-14-26/h2-9,13-14,19,22,33H,10-12,24H2,1H3/t19-,22?/m1/s1. The van der Waals surface area contributed by atoms with Gasteiger partial charge >= 0.3 is 5.97 Å². The van der Waals surface area contributed by atoms with Crippen LogP contribution in [-0.2, 0) is 27.5 Å². The van der Waals surface area contributed by atoms with Gasteiger partial charge in [-0.3, -0.25) is 9.69 Å². The second-order valence-corrected chi connectivity index (χ2v) is 10.8. The Morgan fingerprint density at radius 1 is 1.33 bits per heavy atom. The first kappa shape index (κ1) is 21.9. The Hall–Kier alpha value is -2.95. The molecule has 0 radical (unpaired) electrons. The van der Waals surface area contributed by atoms with E-state index in [2.05, 4.69) is 21.9 Å². The summed E-state index contributed by atoms with van der Waals surface area (Å²) in [7, 11) is 0.759. The number of nitrogens with zero attached hydrogens (tertiary/aromatic N) is 3. The molecule has 1 amide bonds. The highest BCUT2D eigenvalue weighted by Crippen LogP contribution is 2.52. The van der Waals surface area contributed by atoms with Crippen molar-refractivity contribution in [1.82, 2.24) is 14.5 Å². The van der Waals surface area contributed by atoms with E-state index >= 15 is 0 Å². The summed E-state index contributed by atoms with van der Waals surface area (Å²) in [6.07, 6.45) is 7.52. The van der Waals surface area contributed by atoms with E-state index in [9.17, 15) is 9.59 Å². The fourth-order valence-corrected chi connectivity index (χ4v) is 7.63. The summed E-state index contributed by atoms with van der Waals surface area (Å²) in [5, 5.41) is 4.09. The lowest BCUT2D eigenvalue weighted by Gasteiger charge is -2.48. The van der Waals surface area contributed by atoms with Crippen LogP contribution in [0.3, 0.4) is 0 Å². The second kappa shape index (κ2) is 9.12. The van der Waals surface area contributed by atoms with E-state index in [0.29, 0.717) is 18.0 Å². The first-order valence-electron chi connectivity index (χ1n) is 10.4. The molecular formula is C23H24N4O4S2. The fourth-order valence-electron chi connectivity index (χ4n) is 3.92. The molecule has 33 heavy (non-hydrogen) atoms. The van der Waals surface area contributed by atoms with Crippen LogP contribution < -0.4 is 10.5 Å². The molecule has 0 spiro atoms. The number of aromatic nitrogens is 2. The number of allylic oxidation sites excluding steroid dienone is 2. The maximum atomic E-state index is 13.2. The molecule has 1 aromatic carbocycles. The maximum Gasteiger partial charge on any atom is 0.356 e. The number of carbonyl (C=O) groups excluding carboxylic acids is 2. The smallest absolute Gasteiger partial charge is 0.356 e. The van der Waals surface area contributed by atoms with Gasteiger partial charge in [-0.05, 0) is 34.1 Å². The fraction of sp³-hybridized carbons (Fsp3) is 0.261. The van der Waals surface area contributed by atoms with Crippen LogP contribution >= 0.6 is 22.7 Å². The van der Waals surface area contributed by atoms with E-state index in [0.717, 1.165) is 21.8 Å². The highest BCUT2D eigenvalue weighted by Gasteiger charge is 2.52. The zero-order valence-corrected chi connectivity index (χ0v) is 19.7. The minimum Gasteiger partial charge on any atom is -0.497 e. The lowest BCUT2D eigenvalue weighted by Crippen LogP contribution is -2.68. The van der Waals surface area contributed by atoms with Crippen LogP contribution in [0.25, 0.3) is 0 Å².